The molecule has 0 aromatic carbocycles. The Balaban J connectivity index is 1.84. The van der Waals surface area contributed by atoms with E-state index in [1.807, 2.05) is 17.0 Å². The summed E-state index contributed by atoms with van der Waals surface area (Å²) in [4.78, 5) is 14.8. The fraction of sp³-hybridized carbons (Fsp3) is 0.583. The predicted octanol–water partition coefficient (Wildman–Crippen LogP) is 2.12. The quantitative estimate of drug-likeness (QED) is 0.918. The van der Waals surface area contributed by atoms with Crippen LogP contribution in [0.4, 0.5) is 0 Å². The predicted molar refractivity (Wildman–Crippen MR) is 74.0 cm³/mol. The lowest BCUT2D eigenvalue weighted by molar-refractivity contribution is -0.00545. The molecule has 2 rings (SSSR count). The van der Waals surface area contributed by atoms with Gasteiger partial charge in [0.2, 0.25) is 0 Å². The first-order valence-corrected chi connectivity index (χ1v) is 7.58. The molecule has 100 valence electrons. The van der Waals surface area contributed by atoms with Crippen molar-refractivity contribution in [3.63, 3.8) is 0 Å². The van der Waals surface area contributed by atoms with Crippen LogP contribution in [0.25, 0.3) is 0 Å². The average Bonchev–Trinajstić information content (AvgIpc) is 2.83. The van der Waals surface area contributed by atoms with Gasteiger partial charge in [0.25, 0.3) is 5.91 Å². The molecule has 1 aromatic heterocycles. The molecule has 0 aliphatic carbocycles. The van der Waals surface area contributed by atoms with Gasteiger partial charge in [0.15, 0.2) is 0 Å². The van der Waals surface area contributed by atoms with Crippen LogP contribution in [0.2, 0.25) is 0 Å². The van der Waals surface area contributed by atoms with Gasteiger partial charge in [0.05, 0.1) is 28.0 Å². The number of thiophene rings is 1. The lowest BCUT2D eigenvalue weighted by Crippen LogP contribution is -2.40. The largest absolute Gasteiger partial charge is 0.394 e. The van der Waals surface area contributed by atoms with E-state index in [9.17, 15) is 4.79 Å². The second-order valence-corrected chi connectivity index (χ2v) is 6.65. The lowest BCUT2D eigenvalue weighted by atomic mass is 10.1. The van der Waals surface area contributed by atoms with Gasteiger partial charge in [-0.25, -0.2) is 0 Å². The van der Waals surface area contributed by atoms with E-state index in [0.717, 1.165) is 34.6 Å². The third-order valence-electron chi connectivity index (χ3n) is 2.96. The summed E-state index contributed by atoms with van der Waals surface area (Å²) in [6.07, 6.45) is 1.87. The summed E-state index contributed by atoms with van der Waals surface area (Å²) < 4.78 is 6.46. The van der Waals surface area contributed by atoms with Crippen LogP contribution in [0, 0.1) is 0 Å². The van der Waals surface area contributed by atoms with Crippen LogP contribution in [0.5, 0.6) is 0 Å². The minimum absolute atomic E-state index is 0.0579. The van der Waals surface area contributed by atoms with Crippen LogP contribution in [0.15, 0.2) is 15.9 Å². The molecule has 1 aliphatic rings. The Bertz CT molecular complexity index is 402. The highest BCUT2D eigenvalue weighted by molar-refractivity contribution is 9.11. The Morgan fingerprint density at radius 2 is 2.22 bits per heavy atom. The molecule has 1 aliphatic heterocycles. The topological polar surface area (TPSA) is 49.8 Å². The summed E-state index contributed by atoms with van der Waals surface area (Å²) in [5, 5.41) is 8.70. The van der Waals surface area contributed by atoms with Crippen molar-refractivity contribution >= 4 is 33.2 Å². The van der Waals surface area contributed by atoms with E-state index in [1.165, 1.54) is 11.3 Å². The maximum Gasteiger partial charge on any atom is 0.263 e. The molecule has 6 heteroatoms. The minimum atomic E-state index is 0.0579. The molecule has 18 heavy (non-hydrogen) atoms. The number of carbonyl (C=O) groups is 1. The molecule has 1 aromatic rings. The molecule has 1 N–H and O–H groups in total. The molecule has 1 fully saturated rings. The number of likely N-dealkylation sites (tertiary alicyclic amines) is 1. The van der Waals surface area contributed by atoms with E-state index < -0.39 is 0 Å². The number of amides is 1. The van der Waals surface area contributed by atoms with Gasteiger partial charge < -0.3 is 14.7 Å². The Morgan fingerprint density at radius 3 is 2.78 bits per heavy atom. The van der Waals surface area contributed by atoms with Gasteiger partial charge in [-0.15, -0.1) is 11.3 Å². The molecule has 0 saturated carbocycles. The number of aliphatic hydroxyl groups excluding tert-OH is 1. The second-order valence-electron chi connectivity index (χ2n) is 4.19. The highest BCUT2D eigenvalue weighted by Gasteiger charge is 2.24. The SMILES string of the molecule is O=C(c1ccc(Br)s1)N1CCC(OCCO)CC1. The van der Waals surface area contributed by atoms with Crippen molar-refractivity contribution in [3.05, 3.63) is 20.8 Å². The Labute approximate surface area is 119 Å². The summed E-state index contributed by atoms with van der Waals surface area (Å²) in [6, 6.07) is 3.75. The molecule has 0 atom stereocenters. The normalized spacial score (nSPS) is 17.1. The fourth-order valence-electron chi connectivity index (χ4n) is 2.03. The summed E-state index contributed by atoms with van der Waals surface area (Å²) in [7, 11) is 0. The van der Waals surface area contributed by atoms with Gasteiger partial charge in [-0.3, -0.25) is 4.79 Å². The van der Waals surface area contributed by atoms with Gasteiger partial charge in [0.1, 0.15) is 0 Å². The van der Waals surface area contributed by atoms with E-state index in [4.69, 9.17) is 9.84 Å². The summed E-state index contributed by atoms with van der Waals surface area (Å²) in [5.74, 6) is 0.103. The lowest BCUT2D eigenvalue weighted by Gasteiger charge is -2.31. The number of rotatable bonds is 4. The maximum absolute atomic E-state index is 12.2. The van der Waals surface area contributed by atoms with Crippen molar-refractivity contribution in [3.8, 4) is 0 Å². The van der Waals surface area contributed by atoms with Crippen molar-refractivity contribution in [2.45, 2.75) is 18.9 Å². The first-order chi connectivity index (χ1) is 8.70. The van der Waals surface area contributed by atoms with Crippen LogP contribution in [0.1, 0.15) is 22.5 Å². The van der Waals surface area contributed by atoms with Crippen LogP contribution in [-0.4, -0.2) is 48.3 Å². The molecule has 4 nitrogen and oxygen atoms in total. The van der Waals surface area contributed by atoms with Crippen molar-refractivity contribution in [1.29, 1.82) is 0 Å². The molecule has 0 radical (unpaired) electrons. The molecule has 0 spiro atoms. The van der Waals surface area contributed by atoms with E-state index in [0.29, 0.717) is 6.61 Å². The van der Waals surface area contributed by atoms with Gasteiger partial charge in [-0.05, 0) is 40.9 Å². The standard InChI is InChI=1S/C12H16BrNO3S/c13-11-2-1-10(18-11)12(16)14-5-3-9(4-6-14)17-8-7-15/h1-2,9,15H,3-8H2. The number of carbonyl (C=O) groups excluding carboxylic acids is 1. The summed E-state index contributed by atoms with van der Waals surface area (Å²) in [5.41, 5.74) is 0. The van der Waals surface area contributed by atoms with Gasteiger partial charge in [0, 0.05) is 13.1 Å². The zero-order chi connectivity index (χ0) is 13.0. The fourth-order valence-corrected chi connectivity index (χ4v) is 3.38. The number of aliphatic hydroxyl groups is 1. The maximum atomic E-state index is 12.2. The smallest absolute Gasteiger partial charge is 0.263 e. The minimum Gasteiger partial charge on any atom is -0.394 e. The molecule has 0 unspecified atom stereocenters. The van der Waals surface area contributed by atoms with Crippen molar-refractivity contribution in [1.82, 2.24) is 4.90 Å². The number of hydrogen-bond donors (Lipinski definition) is 1. The zero-order valence-electron chi connectivity index (χ0n) is 9.97. The van der Waals surface area contributed by atoms with E-state index in [-0.39, 0.29) is 18.6 Å². The monoisotopic (exact) mass is 333 g/mol. The second kappa shape index (κ2) is 6.65. The van der Waals surface area contributed by atoms with Crippen LogP contribution in [-0.2, 0) is 4.74 Å². The molecule has 1 saturated heterocycles. The number of nitrogens with zero attached hydrogens (tertiary/aromatic N) is 1. The van der Waals surface area contributed by atoms with E-state index in [1.54, 1.807) is 0 Å². The molecule has 1 amide bonds. The summed E-state index contributed by atoms with van der Waals surface area (Å²) >= 11 is 4.83. The highest BCUT2D eigenvalue weighted by Crippen LogP contribution is 2.24. The van der Waals surface area contributed by atoms with Crippen LogP contribution < -0.4 is 0 Å². The van der Waals surface area contributed by atoms with E-state index in [2.05, 4.69) is 15.9 Å². The summed E-state index contributed by atoms with van der Waals surface area (Å²) in [6.45, 7) is 1.90. The molecule has 2 heterocycles. The Kier molecular flexibility index (Phi) is 5.17. The van der Waals surface area contributed by atoms with Gasteiger partial charge in [-0.1, -0.05) is 0 Å². The molecule has 0 bridgehead atoms. The number of halogens is 1. The van der Waals surface area contributed by atoms with Crippen LogP contribution >= 0.6 is 27.3 Å². The Morgan fingerprint density at radius 1 is 1.50 bits per heavy atom. The molecular formula is C12H16BrNO3S. The van der Waals surface area contributed by atoms with Crippen molar-refractivity contribution < 1.29 is 14.6 Å². The van der Waals surface area contributed by atoms with Crippen molar-refractivity contribution in [2.24, 2.45) is 0 Å². The third kappa shape index (κ3) is 3.54. The van der Waals surface area contributed by atoms with Crippen molar-refractivity contribution in [2.75, 3.05) is 26.3 Å². The first kappa shape index (κ1) is 14.0. The highest BCUT2D eigenvalue weighted by atomic mass is 79.9. The third-order valence-corrected chi connectivity index (χ3v) is 4.57. The van der Waals surface area contributed by atoms with Gasteiger partial charge in [-0.2, -0.15) is 0 Å². The Hall–Kier alpha value is -0.430. The number of hydrogen-bond acceptors (Lipinski definition) is 4. The number of ether oxygens (including phenoxy) is 1. The number of piperidine rings is 1. The molecular weight excluding hydrogens is 318 g/mol. The van der Waals surface area contributed by atoms with Crippen LogP contribution in [0.3, 0.4) is 0 Å². The van der Waals surface area contributed by atoms with Gasteiger partial charge >= 0.3 is 0 Å². The van der Waals surface area contributed by atoms with E-state index >= 15 is 0 Å². The zero-order valence-corrected chi connectivity index (χ0v) is 12.4. The first-order valence-electron chi connectivity index (χ1n) is 5.98. The average molecular weight is 334 g/mol.